The average Bonchev–Trinajstić information content (AvgIpc) is 2.74. The van der Waals surface area contributed by atoms with Gasteiger partial charge in [0.2, 0.25) is 5.91 Å². The van der Waals surface area contributed by atoms with Gasteiger partial charge in [-0.3, -0.25) is 9.59 Å². The molecule has 3 rings (SSSR count). The van der Waals surface area contributed by atoms with Crippen LogP contribution < -0.4 is 0 Å². The summed E-state index contributed by atoms with van der Waals surface area (Å²) >= 11 is 3.53. The maximum atomic E-state index is 13.3. The van der Waals surface area contributed by atoms with Crippen molar-refractivity contribution in [1.82, 2.24) is 9.96 Å². The van der Waals surface area contributed by atoms with Crippen molar-refractivity contribution in [3.05, 3.63) is 33.3 Å². The highest BCUT2D eigenvalue weighted by atomic mass is 79.9. The Morgan fingerprint density at radius 1 is 1.17 bits per heavy atom. The highest BCUT2D eigenvalue weighted by Crippen LogP contribution is 2.43. The van der Waals surface area contributed by atoms with Crippen molar-refractivity contribution in [2.45, 2.75) is 38.1 Å². The van der Waals surface area contributed by atoms with E-state index in [1.807, 2.05) is 31.0 Å². The molecule has 5 nitrogen and oxygen atoms in total. The Labute approximate surface area is 151 Å². The smallest absolute Gasteiger partial charge is 0.238 e. The summed E-state index contributed by atoms with van der Waals surface area (Å²) in [4.78, 5) is 33.2. The van der Waals surface area contributed by atoms with Crippen molar-refractivity contribution >= 4 is 27.6 Å². The third kappa shape index (κ3) is 2.52. The zero-order valence-electron chi connectivity index (χ0n) is 14.6. The van der Waals surface area contributed by atoms with Gasteiger partial charge in [0.25, 0.3) is 0 Å². The molecule has 0 aliphatic carbocycles. The van der Waals surface area contributed by atoms with Crippen LogP contribution in [0.2, 0.25) is 0 Å². The molecular weight excluding hydrogens is 372 g/mol. The van der Waals surface area contributed by atoms with Gasteiger partial charge in [-0.25, -0.2) is 0 Å². The van der Waals surface area contributed by atoms with Crippen LogP contribution in [0, 0.1) is 13.8 Å². The van der Waals surface area contributed by atoms with Crippen LogP contribution in [0.4, 0.5) is 0 Å². The first-order valence-electron chi connectivity index (χ1n) is 8.19. The molecule has 0 bridgehead atoms. The number of halogens is 1. The fraction of sp³-hybridized carbons (Fsp3) is 0.556. The Balaban J connectivity index is 1.99. The van der Waals surface area contributed by atoms with E-state index < -0.39 is 11.5 Å². The Bertz CT molecular complexity index is 696. The molecule has 1 aromatic carbocycles. The summed E-state index contributed by atoms with van der Waals surface area (Å²) in [6.45, 7) is 5.29. The fourth-order valence-electron chi connectivity index (χ4n) is 4.00. The zero-order chi connectivity index (χ0) is 17.6. The number of rotatable bonds is 2. The summed E-state index contributed by atoms with van der Waals surface area (Å²) in [6, 6.07) is 3.96. The molecule has 0 radical (unpaired) electrons. The topological polar surface area (TPSA) is 49.9 Å². The molecule has 1 atom stereocenters. The minimum absolute atomic E-state index is 0.0320. The summed E-state index contributed by atoms with van der Waals surface area (Å²) in [5.41, 5.74) is 2.22. The number of carbonyl (C=O) groups excluding carboxylic acids is 2. The lowest BCUT2D eigenvalue weighted by Crippen LogP contribution is -2.54. The minimum atomic E-state index is -0.694. The van der Waals surface area contributed by atoms with Gasteiger partial charge in [0, 0.05) is 24.6 Å². The molecule has 0 N–H and O–H groups in total. The predicted octanol–water partition coefficient (Wildman–Crippen LogP) is 2.59. The molecular formula is C18H23BrN2O3. The van der Waals surface area contributed by atoms with Gasteiger partial charge in [0.15, 0.2) is 5.78 Å². The molecule has 2 saturated heterocycles. The highest BCUT2D eigenvalue weighted by molar-refractivity contribution is 9.10. The first-order valence-corrected chi connectivity index (χ1v) is 8.99. The number of Topliss-reactive ketones (excluding diaryl/α,β-unsaturated/α-hetero) is 1. The first kappa shape index (κ1) is 17.6. The van der Waals surface area contributed by atoms with E-state index in [0.717, 1.165) is 21.2 Å². The first-order chi connectivity index (χ1) is 11.3. The van der Waals surface area contributed by atoms with Gasteiger partial charge in [0.05, 0.1) is 7.11 Å². The van der Waals surface area contributed by atoms with Crippen LogP contribution in [0.25, 0.3) is 0 Å². The number of benzene rings is 1. The van der Waals surface area contributed by atoms with Crippen LogP contribution in [0.1, 0.15) is 35.4 Å². The van der Waals surface area contributed by atoms with Crippen LogP contribution >= 0.6 is 15.9 Å². The number of hydroxylamine groups is 2. The van der Waals surface area contributed by atoms with E-state index in [4.69, 9.17) is 4.84 Å². The molecule has 2 heterocycles. The Hall–Kier alpha value is -1.24. The second kappa shape index (κ2) is 6.24. The zero-order valence-corrected chi connectivity index (χ0v) is 16.1. The maximum Gasteiger partial charge on any atom is 0.238 e. The molecule has 1 spiro atoms. The van der Waals surface area contributed by atoms with E-state index in [0.29, 0.717) is 25.9 Å². The predicted molar refractivity (Wildman–Crippen MR) is 94.7 cm³/mol. The molecule has 130 valence electrons. The third-order valence-corrected chi connectivity index (χ3v) is 6.46. The van der Waals surface area contributed by atoms with Crippen molar-refractivity contribution < 1.29 is 14.4 Å². The van der Waals surface area contributed by atoms with Crippen molar-refractivity contribution in [3.8, 4) is 0 Å². The minimum Gasteiger partial charge on any atom is -0.332 e. The monoisotopic (exact) mass is 394 g/mol. The lowest BCUT2D eigenvalue weighted by molar-refractivity contribution is -0.165. The van der Waals surface area contributed by atoms with E-state index in [9.17, 15) is 9.59 Å². The van der Waals surface area contributed by atoms with Gasteiger partial charge in [0.1, 0.15) is 11.5 Å². The number of hydrogen-bond acceptors (Lipinski definition) is 4. The molecule has 2 aliphatic rings. The van der Waals surface area contributed by atoms with Gasteiger partial charge in [-0.05, 0) is 49.4 Å². The SMILES string of the molecule is CON1CCC2(CC1)C(=O)C(c1cc(Br)c(C)cc1C)C(=O)N2C. The Kier molecular flexibility index (Phi) is 4.57. The Morgan fingerprint density at radius 3 is 2.38 bits per heavy atom. The molecule has 0 aromatic heterocycles. The summed E-state index contributed by atoms with van der Waals surface area (Å²) in [6.07, 6.45) is 1.23. The lowest BCUT2D eigenvalue weighted by atomic mass is 9.79. The average molecular weight is 395 g/mol. The number of nitrogens with zero attached hydrogens (tertiary/aromatic N) is 2. The number of ketones is 1. The van der Waals surface area contributed by atoms with E-state index in [-0.39, 0.29) is 11.7 Å². The van der Waals surface area contributed by atoms with Gasteiger partial charge in [-0.1, -0.05) is 22.0 Å². The summed E-state index contributed by atoms with van der Waals surface area (Å²) in [5.74, 6) is -0.754. The molecule has 1 amide bonds. The number of hydrogen-bond donors (Lipinski definition) is 0. The number of aryl methyl sites for hydroxylation is 2. The van der Waals surface area contributed by atoms with Crippen molar-refractivity contribution in [1.29, 1.82) is 0 Å². The van der Waals surface area contributed by atoms with Crippen LogP contribution in [0.5, 0.6) is 0 Å². The van der Waals surface area contributed by atoms with Gasteiger partial charge >= 0.3 is 0 Å². The fourth-order valence-corrected chi connectivity index (χ4v) is 4.36. The van der Waals surface area contributed by atoms with Crippen LogP contribution in [0.3, 0.4) is 0 Å². The van der Waals surface area contributed by atoms with Crippen molar-refractivity contribution in [2.24, 2.45) is 0 Å². The normalized spacial score (nSPS) is 24.2. The maximum absolute atomic E-state index is 13.3. The molecule has 0 saturated carbocycles. The van der Waals surface area contributed by atoms with E-state index in [1.165, 1.54) is 0 Å². The molecule has 1 aromatic rings. The lowest BCUT2D eigenvalue weighted by Gasteiger charge is -2.41. The second-order valence-corrected chi connectivity index (χ2v) is 7.65. The largest absolute Gasteiger partial charge is 0.332 e. The number of carbonyl (C=O) groups is 2. The van der Waals surface area contributed by atoms with Crippen molar-refractivity contribution in [3.63, 3.8) is 0 Å². The van der Waals surface area contributed by atoms with Crippen LogP contribution in [0.15, 0.2) is 16.6 Å². The number of likely N-dealkylation sites (N-methyl/N-ethyl adjacent to an activating group) is 1. The summed E-state index contributed by atoms with van der Waals surface area (Å²) in [5, 5.41) is 1.85. The second-order valence-electron chi connectivity index (χ2n) is 6.80. The molecule has 1 unspecified atom stereocenters. The standard InChI is InChI=1S/C18H23BrN2O3/c1-11-9-12(2)14(19)10-13(11)15-16(22)18(20(3)17(15)23)5-7-21(24-4)8-6-18/h9-10,15H,5-8H2,1-4H3. The number of piperidine rings is 1. The van der Waals surface area contributed by atoms with Crippen LogP contribution in [-0.4, -0.2) is 54.4 Å². The quantitative estimate of drug-likeness (QED) is 0.723. The summed E-state index contributed by atoms with van der Waals surface area (Å²) < 4.78 is 0.932. The summed E-state index contributed by atoms with van der Waals surface area (Å²) in [7, 11) is 3.40. The van der Waals surface area contributed by atoms with E-state index in [2.05, 4.69) is 15.9 Å². The van der Waals surface area contributed by atoms with Gasteiger partial charge in [-0.15, -0.1) is 0 Å². The number of amides is 1. The molecule has 2 fully saturated rings. The highest BCUT2D eigenvalue weighted by Gasteiger charge is 2.58. The van der Waals surface area contributed by atoms with Crippen LogP contribution in [-0.2, 0) is 14.4 Å². The molecule has 6 heteroatoms. The van der Waals surface area contributed by atoms with E-state index >= 15 is 0 Å². The molecule has 2 aliphatic heterocycles. The van der Waals surface area contributed by atoms with Gasteiger partial charge < -0.3 is 9.74 Å². The van der Waals surface area contributed by atoms with Gasteiger partial charge in [-0.2, -0.15) is 5.06 Å². The Morgan fingerprint density at radius 2 is 1.79 bits per heavy atom. The van der Waals surface area contributed by atoms with E-state index in [1.54, 1.807) is 19.1 Å². The number of likely N-dealkylation sites (tertiary alicyclic amines) is 1. The third-order valence-electron chi connectivity index (χ3n) is 5.61. The molecule has 24 heavy (non-hydrogen) atoms. The van der Waals surface area contributed by atoms with Crippen molar-refractivity contribution in [2.75, 3.05) is 27.2 Å².